The molecule has 0 amide bonds. The number of guanidine groups is 1. The Morgan fingerprint density at radius 3 is 2.69 bits per heavy atom. The number of aryl methyl sites for hydroxylation is 2. The lowest BCUT2D eigenvalue weighted by molar-refractivity contribution is 0.251. The summed E-state index contributed by atoms with van der Waals surface area (Å²) in [4.78, 5) is 7.19. The molecule has 0 bridgehead atoms. The minimum Gasteiger partial charge on any atom is -0.497 e. The van der Waals surface area contributed by atoms with Crippen molar-refractivity contribution in [3.8, 4) is 5.75 Å². The SMILES string of the molecule is COc1cccc(C(CN=C(N)Nc2ccc3c(c2)CCC3)N2CCCC2)c1.I. The monoisotopic (exact) mass is 506 g/mol. The van der Waals surface area contributed by atoms with E-state index in [4.69, 9.17) is 15.5 Å². The van der Waals surface area contributed by atoms with Crippen molar-refractivity contribution < 1.29 is 4.74 Å². The number of halogens is 1. The van der Waals surface area contributed by atoms with Crippen LogP contribution in [0.4, 0.5) is 5.69 Å². The maximum atomic E-state index is 6.23. The van der Waals surface area contributed by atoms with Crippen molar-refractivity contribution in [2.45, 2.75) is 38.1 Å². The van der Waals surface area contributed by atoms with E-state index in [-0.39, 0.29) is 30.0 Å². The van der Waals surface area contributed by atoms with E-state index in [0.29, 0.717) is 12.5 Å². The fourth-order valence-corrected chi connectivity index (χ4v) is 4.36. The topological polar surface area (TPSA) is 62.9 Å². The number of nitrogens with two attached hydrogens (primary N) is 1. The summed E-state index contributed by atoms with van der Waals surface area (Å²) in [7, 11) is 1.71. The van der Waals surface area contributed by atoms with E-state index in [9.17, 15) is 0 Å². The van der Waals surface area contributed by atoms with Gasteiger partial charge in [0.2, 0.25) is 0 Å². The van der Waals surface area contributed by atoms with Crippen LogP contribution >= 0.6 is 24.0 Å². The molecule has 0 saturated carbocycles. The summed E-state index contributed by atoms with van der Waals surface area (Å²) < 4.78 is 5.42. The lowest BCUT2D eigenvalue weighted by Crippen LogP contribution is -2.30. The van der Waals surface area contributed by atoms with Crippen molar-refractivity contribution >= 4 is 35.6 Å². The van der Waals surface area contributed by atoms with Gasteiger partial charge in [-0.1, -0.05) is 18.2 Å². The number of methoxy groups -OCH3 is 1. The third-order valence-corrected chi connectivity index (χ3v) is 5.87. The molecule has 0 aromatic heterocycles. The van der Waals surface area contributed by atoms with Crippen molar-refractivity contribution in [1.82, 2.24) is 4.90 Å². The van der Waals surface area contributed by atoms with Gasteiger partial charge in [-0.2, -0.15) is 0 Å². The molecule has 5 nitrogen and oxygen atoms in total. The van der Waals surface area contributed by atoms with E-state index in [0.717, 1.165) is 30.9 Å². The van der Waals surface area contributed by atoms with Crippen LogP contribution in [-0.2, 0) is 12.8 Å². The highest BCUT2D eigenvalue weighted by molar-refractivity contribution is 14.0. The Morgan fingerprint density at radius 2 is 1.90 bits per heavy atom. The first-order valence-electron chi connectivity index (χ1n) is 10.3. The number of ether oxygens (including phenoxy) is 1. The van der Waals surface area contributed by atoms with Gasteiger partial charge >= 0.3 is 0 Å². The third kappa shape index (κ3) is 5.42. The average molecular weight is 506 g/mol. The van der Waals surface area contributed by atoms with Gasteiger partial charge in [-0.05, 0) is 86.1 Å². The van der Waals surface area contributed by atoms with E-state index in [1.165, 1.54) is 42.4 Å². The molecule has 1 fully saturated rings. The van der Waals surface area contributed by atoms with Gasteiger partial charge in [0.25, 0.3) is 0 Å². The molecule has 1 aliphatic carbocycles. The minimum absolute atomic E-state index is 0. The maximum Gasteiger partial charge on any atom is 0.193 e. The molecule has 4 rings (SSSR count). The maximum absolute atomic E-state index is 6.23. The summed E-state index contributed by atoms with van der Waals surface area (Å²) in [6.07, 6.45) is 6.09. The summed E-state index contributed by atoms with van der Waals surface area (Å²) in [5.41, 5.74) is 11.4. The number of likely N-dealkylation sites (tertiary alicyclic amines) is 1. The van der Waals surface area contributed by atoms with Crippen LogP contribution in [0.15, 0.2) is 47.5 Å². The first kappa shape index (κ1) is 21.9. The first-order valence-corrected chi connectivity index (χ1v) is 10.3. The number of anilines is 1. The van der Waals surface area contributed by atoms with E-state index in [1.807, 2.05) is 12.1 Å². The highest BCUT2D eigenvalue weighted by Gasteiger charge is 2.23. The second kappa shape index (κ2) is 10.3. The van der Waals surface area contributed by atoms with Crippen LogP contribution in [0.25, 0.3) is 0 Å². The van der Waals surface area contributed by atoms with Crippen molar-refractivity contribution in [2.24, 2.45) is 10.7 Å². The molecule has 1 heterocycles. The van der Waals surface area contributed by atoms with Crippen LogP contribution in [0, 0.1) is 0 Å². The van der Waals surface area contributed by atoms with Crippen LogP contribution < -0.4 is 15.8 Å². The lowest BCUT2D eigenvalue weighted by atomic mass is 10.1. The molecule has 1 saturated heterocycles. The summed E-state index contributed by atoms with van der Waals surface area (Å²) in [5, 5.41) is 3.28. The molecule has 0 spiro atoms. The highest BCUT2D eigenvalue weighted by atomic mass is 127. The van der Waals surface area contributed by atoms with Crippen LogP contribution in [0.5, 0.6) is 5.75 Å². The van der Waals surface area contributed by atoms with Gasteiger partial charge in [0.05, 0.1) is 19.7 Å². The fourth-order valence-electron chi connectivity index (χ4n) is 4.36. The zero-order valence-electron chi connectivity index (χ0n) is 17.1. The standard InChI is InChI=1S/C23H30N4O.HI/c1-28-21-9-5-8-19(15-21)22(27-12-2-3-13-27)16-25-23(24)26-20-11-10-17-6-4-7-18(17)14-20;/h5,8-11,14-15,22H,2-4,6-7,12-13,16H2,1H3,(H3,24,25,26);1H. The molecular formula is C23H31IN4O. The van der Waals surface area contributed by atoms with Crippen LogP contribution in [0.1, 0.15) is 42.0 Å². The highest BCUT2D eigenvalue weighted by Crippen LogP contribution is 2.28. The summed E-state index contributed by atoms with van der Waals surface area (Å²) in [6, 6.07) is 15.1. The van der Waals surface area contributed by atoms with E-state index < -0.39 is 0 Å². The summed E-state index contributed by atoms with van der Waals surface area (Å²) >= 11 is 0. The minimum atomic E-state index is 0. The lowest BCUT2D eigenvalue weighted by Gasteiger charge is -2.27. The third-order valence-electron chi connectivity index (χ3n) is 5.87. The average Bonchev–Trinajstić information content (AvgIpc) is 3.40. The predicted molar refractivity (Wildman–Crippen MR) is 131 cm³/mol. The van der Waals surface area contributed by atoms with Crippen LogP contribution in [0.2, 0.25) is 0 Å². The van der Waals surface area contributed by atoms with Crippen molar-refractivity contribution in [1.29, 1.82) is 0 Å². The second-order valence-electron chi connectivity index (χ2n) is 7.72. The van der Waals surface area contributed by atoms with E-state index >= 15 is 0 Å². The smallest absolute Gasteiger partial charge is 0.193 e. The molecule has 0 radical (unpaired) electrons. The molecule has 6 heteroatoms. The Bertz CT molecular complexity index is 849. The Kier molecular flexibility index (Phi) is 7.77. The van der Waals surface area contributed by atoms with Gasteiger partial charge in [0, 0.05) is 5.69 Å². The van der Waals surface area contributed by atoms with Crippen molar-refractivity contribution in [3.63, 3.8) is 0 Å². The number of hydrogen-bond acceptors (Lipinski definition) is 3. The van der Waals surface area contributed by atoms with Crippen molar-refractivity contribution in [2.75, 3.05) is 32.1 Å². The molecule has 3 N–H and O–H groups in total. The number of rotatable bonds is 6. The molecule has 1 aliphatic heterocycles. The molecule has 2 aliphatic rings. The van der Waals surface area contributed by atoms with Gasteiger partial charge in [0.1, 0.15) is 5.75 Å². The zero-order valence-corrected chi connectivity index (χ0v) is 19.4. The second-order valence-corrected chi connectivity index (χ2v) is 7.72. The first-order chi connectivity index (χ1) is 13.7. The number of aliphatic imine (C=N–C) groups is 1. The van der Waals surface area contributed by atoms with Gasteiger partial charge in [-0.3, -0.25) is 9.89 Å². The van der Waals surface area contributed by atoms with Gasteiger partial charge in [-0.15, -0.1) is 24.0 Å². The molecule has 1 atom stereocenters. The van der Waals surface area contributed by atoms with Gasteiger partial charge < -0.3 is 15.8 Å². The quantitative estimate of drug-likeness (QED) is 0.347. The molecule has 2 aromatic carbocycles. The largest absolute Gasteiger partial charge is 0.497 e. The fraction of sp³-hybridized carbons (Fsp3) is 0.435. The summed E-state index contributed by atoms with van der Waals surface area (Å²) in [5.74, 6) is 1.36. The number of fused-ring (bicyclic) bond motifs is 1. The number of nitrogens with zero attached hydrogens (tertiary/aromatic N) is 2. The Labute approximate surface area is 190 Å². The van der Waals surface area contributed by atoms with Crippen molar-refractivity contribution in [3.05, 3.63) is 59.2 Å². The number of hydrogen-bond donors (Lipinski definition) is 2. The van der Waals surface area contributed by atoms with Crippen LogP contribution in [0.3, 0.4) is 0 Å². The molecular weight excluding hydrogens is 475 g/mol. The number of nitrogens with one attached hydrogen (secondary N) is 1. The number of benzene rings is 2. The normalized spacial score (nSPS) is 17.5. The summed E-state index contributed by atoms with van der Waals surface area (Å²) in [6.45, 7) is 2.85. The van der Waals surface area contributed by atoms with E-state index in [1.54, 1.807) is 7.11 Å². The zero-order chi connectivity index (χ0) is 19.3. The molecule has 156 valence electrons. The van der Waals surface area contributed by atoms with E-state index in [2.05, 4.69) is 40.5 Å². The Morgan fingerprint density at radius 1 is 1.10 bits per heavy atom. The molecule has 1 unspecified atom stereocenters. The van der Waals surface area contributed by atoms with Gasteiger partial charge in [0.15, 0.2) is 5.96 Å². The Hall–Kier alpha value is -1.80. The molecule has 2 aromatic rings. The molecule has 29 heavy (non-hydrogen) atoms. The van der Waals surface area contributed by atoms with Gasteiger partial charge in [-0.25, -0.2) is 0 Å². The predicted octanol–water partition coefficient (Wildman–Crippen LogP) is 4.37. The Balaban J connectivity index is 0.00000240. The van der Waals surface area contributed by atoms with Crippen LogP contribution in [-0.4, -0.2) is 37.6 Å².